The Kier molecular flexibility index (Phi) is 4.25. The minimum atomic E-state index is -0.212. The molecule has 1 aromatic carbocycles. The summed E-state index contributed by atoms with van der Waals surface area (Å²) < 4.78 is 14.1. The minimum Gasteiger partial charge on any atom is -0.311 e. The lowest BCUT2D eigenvalue weighted by atomic mass is 10.0. The Morgan fingerprint density at radius 2 is 2.35 bits per heavy atom. The lowest BCUT2D eigenvalue weighted by Crippen LogP contribution is -2.19. The first-order chi connectivity index (χ1) is 8.20. The van der Waals surface area contributed by atoms with E-state index in [1.165, 1.54) is 6.07 Å². The van der Waals surface area contributed by atoms with Gasteiger partial charge >= 0.3 is 0 Å². The van der Waals surface area contributed by atoms with Gasteiger partial charge in [-0.15, -0.1) is 11.3 Å². The highest BCUT2D eigenvalue weighted by atomic mass is 79.9. The molecular weight excluding hydrogens is 303 g/mol. The van der Waals surface area contributed by atoms with E-state index in [0.29, 0.717) is 6.42 Å². The van der Waals surface area contributed by atoms with E-state index in [0.717, 1.165) is 15.7 Å². The Morgan fingerprint density at radius 1 is 1.53 bits per heavy atom. The Balaban J connectivity index is 2.21. The smallest absolute Gasteiger partial charge is 0.123 e. The van der Waals surface area contributed by atoms with Crippen LogP contribution in [-0.4, -0.2) is 12.0 Å². The molecule has 0 saturated carbocycles. The molecular formula is C12H12BrFN2S. The van der Waals surface area contributed by atoms with Crippen LogP contribution >= 0.6 is 27.3 Å². The number of likely N-dealkylation sites (N-methyl/N-ethyl adjacent to an activating group) is 1. The maximum Gasteiger partial charge on any atom is 0.123 e. The van der Waals surface area contributed by atoms with Crippen molar-refractivity contribution < 1.29 is 4.39 Å². The number of halogens is 2. The van der Waals surface area contributed by atoms with Crippen LogP contribution in [0.25, 0.3) is 0 Å². The van der Waals surface area contributed by atoms with Gasteiger partial charge in [0.1, 0.15) is 5.82 Å². The van der Waals surface area contributed by atoms with E-state index < -0.39 is 0 Å². The van der Waals surface area contributed by atoms with Gasteiger partial charge in [-0.1, -0.05) is 15.9 Å². The van der Waals surface area contributed by atoms with E-state index in [4.69, 9.17) is 0 Å². The number of nitrogens with zero attached hydrogens (tertiary/aromatic N) is 1. The van der Waals surface area contributed by atoms with Crippen LogP contribution in [0, 0.1) is 5.82 Å². The van der Waals surface area contributed by atoms with Crippen LogP contribution in [0.15, 0.2) is 33.6 Å². The average Bonchev–Trinajstić information content (AvgIpc) is 2.84. The summed E-state index contributed by atoms with van der Waals surface area (Å²) in [6.07, 6.45) is 0.707. The molecule has 0 amide bonds. The second-order valence-corrected chi connectivity index (χ2v) is 5.27. The number of rotatable bonds is 4. The second kappa shape index (κ2) is 5.71. The van der Waals surface area contributed by atoms with E-state index in [-0.39, 0.29) is 11.9 Å². The molecule has 90 valence electrons. The molecule has 1 heterocycles. The molecule has 2 nitrogen and oxygen atoms in total. The van der Waals surface area contributed by atoms with E-state index >= 15 is 0 Å². The zero-order valence-corrected chi connectivity index (χ0v) is 11.7. The number of hydrogen-bond donors (Lipinski definition) is 1. The Morgan fingerprint density at radius 3 is 3.00 bits per heavy atom. The van der Waals surface area contributed by atoms with Gasteiger partial charge in [0.05, 0.1) is 17.2 Å². The third kappa shape index (κ3) is 3.12. The maximum atomic E-state index is 13.2. The number of hydrogen-bond acceptors (Lipinski definition) is 3. The van der Waals surface area contributed by atoms with Gasteiger partial charge in [-0.2, -0.15) is 0 Å². The standard InChI is InChI=1S/C12H12BrFN2S/c1-15-11(12-6-17-7-16-12)5-8-4-9(14)2-3-10(8)13/h2-4,6-7,11,15H,5H2,1H3. The molecule has 0 aliphatic rings. The number of aromatic nitrogens is 1. The van der Waals surface area contributed by atoms with Crippen molar-refractivity contribution in [3.05, 3.63) is 50.6 Å². The van der Waals surface area contributed by atoms with Crippen molar-refractivity contribution in [2.75, 3.05) is 7.05 Å². The molecule has 1 atom stereocenters. The normalized spacial score (nSPS) is 12.6. The van der Waals surface area contributed by atoms with Crippen molar-refractivity contribution in [3.63, 3.8) is 0 Å². The predicted octanol–water partition coefficient (Wildman–Crippen LogP) is 3.55. The lowest BCUT2D eigenvalue weighted by Gasteiger charge is -2.15. The van der Waals surface area contributed by atoms with Gasteiger partial charge in [0.15, 0.2) is 0 Å². The highest BCUT2D eigenvalue weighted by Crippen LogP contribution is 2.24. The molecule has 0 aliphatic heterocycles. The predicted molar refractivity (Wildman–Crippen MR) is 71.7 cm³/mol. The third-order valence-corrected chi connectivity index (χ3v) is 3.97. The highest BCUT2D eigenvalue weighted by molar-refractivity contribution is 9.10. The van der Waals surface area contributed by atoms with E-state index in [1.54, 1.807) is 29.0 Å². The monoisotopic (exact) mass is 314 g/mol. The van der Waals surface area contributed by atoms with E-state index in [1.807, 2.05) is 12.4 Å². The zero-order valence-electron chi connectivity index (χ0n) is 9.28. The van der Waals surface area contributed by atoms with Gasteiger partial charge in [-0.3, -0.25) is 0 Å². The molecule has 1 aromatic heterocycles. The van der Waals surface area contributed by atoms with Gasteiger partial charge in [0, 0.05) is 9.85 Å². The minimum absolute atomic E-state index is 0.111. The molecule has 2 rings (SSSR count). The van der Waals surface area contributed by atoms with Crippen LogP contribution in [0.3, 0.4) is 0 Å². The molecule has 0 aliphatic carbocycles. The first-order valence-corrected chi connectivity index (χ1v) is 6.93. The Bertz CT molecular complexity index is 487. The van der Waals surface area contributed by atoms with Crippen molar-refractivity contribution in [2.24, 2.45) is 0 Å². The average molecular weight is 315 g/mol. The molecule has 1 unspecified atom stereocenters. The lowest BCUT2D eigenvalue weighted by molar-refractivity contribution is 0.572. The van der Waals surface area contributed by atoms with Crippen LogP contribution in [0.2, 0.25) is 0 Å². The summed E-state index contributed by atoms with van der Waals surface area (Å²) in [5.41, 5.74) is 3.74. The maximum absolute atomic E-state index is 13.2. The van der Waals surface area contributed by atoms with Gasteiger partial charge in [-0.05, 0) is 37.2 Å². The SMILES string of the molecule is CNC(Cc1cc(F)ccc1Br)c1cscn1. The van der Waals surface area contributed by atoms with Crippen LogP contribution in [0.5, 0.6) is 0 Å². The molecule has 1 N–H and O–H groups in total. The van der Waals surface area contributed by atoms with Gasteiger partial charge in [0.25, 0.3) is 0 Å². The van der Waals surface area contributed by atoms with Gasteiger partial charge < -0.3 is 5.32 Å². The largest absolute Gasteiger partial charge is 0.311 e. The van der Waals surface area contributed by atoms with Crippen molar-refractivity contribution in [3.8, 4) is 0 Å². The molecule has 2 aromatic rings. The van der Waals surface area contributed by atoms with Crippen molar-refractivity contribution in [1.29, 1.82) is 0 Å². The molecule has 0 saturated heterocycles. The summed E-state index contributed by atoms with van der Waals surface area (Å²) in [5, 5.41) is 5.21. The Labute approximate surface area is 112 Å². The summed E-state index contributed by atoms with van der Waals surface area (Å²) in [5.74, 6) is -0.212. The molecule has 0 fully saturated rings. The Hall–Kier alpha value is -0.780. The van der Waals surface area contributed by atoms with Gasteiger partial charge in [0.2, 0.25) is 0 Å². The fourth-order valence-electron chi connectivity index (χ4n) is 1.67. The van der Waals surface area contributed by atoms with Crippen LogP contribution in [0.4, 0.5) is 4.39 Å². The number of benzene rings is 1. The molecule has 0 radical (unpaired) electrons. The quantitative estimate of drug-likeness (QED) is 0.933. The summed E-state index contributed by atoms with van der Waals surface area (Å²) >= 11 is 5.00. The topological polar surface area (TPSA) is 24.9 Å². The van der Waals surface area contributed by atoms with Gasteiger partial charge in [-0.25, -0.2) is 9.37 Å². The first kappa shape index (κ1) is 12.7. The van der Waals surface area contributed by atoms with Crippen LogP contribution in [-0.2, 0) is 6.42 Å². The molecule has 0 spiro atoms. The highest BCUT2D eigenvalue weighted by Gasteiger charge is 2.14. The second-order valence-electron chi connectivity index (χ2n) is 3.69. The molecule has 0 bridgehead atoms. The third-order valence-electron chi connectivity index (χ3n) is 2.59. The summed E-state index contributed by atoms with van der Waals surface area (Å²) in [6.45, 7) is 0. The summed E-state index contributed by atoms with van der Waals surface area (Å²) in [4.78, 5) is 4.28. The fraction of sp³-hybridized carbons (Fsp3) is 0.250. The summed E-state index contributed by atoms with van der Waals surface area (Å²) in [7, 11) is 1.89. The molecule has 17 heavy (non-hydrogen) atoms. The zero-order chi connectivity index (χ0) is 12.3. The number of thiazole rings is 1. The van der Waals surface area contributed by atoms with Crippen LogP contribution < -0.4 is 5.32 Å². The fourth-order valence-corrected chi connectivity index (χ4v) is 2.68. The van der Waals surface area contributed by atoms with Crippen molar-refractivity contribution >= 4 is 27.3 Å². The van der Waals surface area contributed by atoms with Crippen molar-refractivity contribution in [2.45, 2.75) is 12.5 Å². The van der Waals surface area contributed by atoms with Crippen molar-refractivity contribution in [1.82, 2.24) is 10.3 Å². The van der Waals surface area contributed by atoms with Crippen LogP contribution in [0.1, 0.15) is 17.3 Å². The summed E-state index contributed by atoms with van der Waals surface area (Å²) in [6, 6.07) is 4.85. The first-order valence-electron chi connectivity index (χ1n) is 5.20. The van der Waals surface area contributed by atoms with E-state index in [2.05, 4.69) is 26.2 Å². The number of nitrogens with one attached hydrogen (secondary N) is 1. The molecule has 5 heteroatoms. The van der Waals surface area contributed by atoms with E-state index in [9.17, 15) is 4.39 Å².